The highest BCUT2D eigenvalue weighted by atomic mass is 16.5. The predicted octanol–water partition coefficient (Wildman–Crippen LogP) is 2.96. The molecular weight excluding hydrogens is 186 g/mol. The minimum atomic E-state index is -0.110. The maximum absolute atomic E-state index is 6.19. The Morgan fingerprint density at radius 3 is 2.13 bits per heavy atom. The predicted molar refractivity (Wildman–Crippen MR) is 64.8 cm³/mol. The smallest absolute Gasteiger partial charge is 0.0777 e. The van der Waals surface area contributed by atoms with Gasteiger partial charge in [-0.1, -0.05) is 20.8 Å². The number of rotatable bonds is 4. The van der Waals surface area contributed by atoms with Crippen LogP contribution in [-0.2, 0) is 4.74 Å². The lowest BCUT2D eigenvalue weighted by Crippen LogP contribution is -2.42. The molecule has 1 rings (SSSR count). The summed E-state index contributed by atoms with van der Waals surface area (Å²) < 4.78 is 6.19. The first-order chi connectivity index (χ1) is 6.99. The van der Waals surface area contributed by atoms with Crippen molar-refractivity contribution in [1.82, 2.24) is 0 Å². The second-order valence-electron chi connectivity index (χ2n) is 5.66. The molecule has 1 aliphatic rings. The highest BCUT2D eigenvalue weighted by Gasteiger charge is 2.30. The number of hydrogen-bond acceptors (Lipinski definition) is 2. The SMILES string of the molecule is CCC(C)(CN)OC1CC(C)CC(C)C1. The van der Waals surface area contributed by atoms with Crippen LogP contribution in [0.25, 0.3) is 0 Å². The molecule has 0 spiro atoms. The molecule has 0 saturated heterocycles. The molecule has 0 aromatic rings. The zero-order valence-electron chi connectivity index (χ0n) is 10.8. The quantitative estimate of drug-likeness (QED) is 0.779. The van der Waals surface area contributed by atoms with Crippen LogP contribution in [-0.4, -0.2) is 18.2 Å². The van der Waals surface area contributed by atoms with Gasteiger partial charge in [-0.3, -0.25) is 0 Å². The van der Waals surface area contributed by atoms with Gasteiger partial charge < -0.3 is 10.5 Å². The van der Waals surface area contributed by atoms with Gasteiger partial charge in [-0.05, 0) is 44.4 Å². The van der Waals surface area contributed by atoms with Crippen LogP contribution in [0.15, 0.2) is 0 Å². The third-order valence-electron chi connectivity index (χ3n) is 3.77. The van der Waals surface area contributed by atoms with Gasteiger partial charge in [0.15, 0.2) is 0 Å². The number of nitrogens with two attached hydrogens (primary N) is 1. The van der Waals surface area contributed by atoms with E-state index in [0.717, 1.165) is 18.3 Å². The van der Waals surface area contributed by atoms with Crippen LogP contribution in [0.4, 0.5) is 0 Å². The summed E-state index contributed by atoms with van der Waals surface area (Å²) in [6.45, 7) is 9.58. The van der Waals surface area contributed by atoms with E-state index in [9.17, 15) is 0 Å². The minimum absolute atomic E-state index is 0.110. The van der Waals surface area contributed by atoms with Gasteiger partial charge in [-0.15, -0.1) is 0 Å². The summed E-state index contributed by atoms with van der Waals surface area (Å²) in [5.41, 5.74) is 5.67. The normalized spacial score (nSPS) is 36.2. The van der Waals surface area contributed by atoms with Gasteiger partial charge in [-0.2, -0.15) is 0 Å². The Labute approximate surface area is 94.6 Å². The van der Waals surface area contributed by atoms with Crippen molar-refractivity contribution >= 4 is 0 Å². The molecule has 0 aliphatic heterocycles. The fraction of sp³-hybridized carbons (Fsp3) is 1.00. The second-order valence-corrected chi connectivity index (χ2v) is 5.66. The van der Waals surface area contributed by atoms with Crippen LogP contribution in [0.2, 0.25) is 0 Å². The van der Waals surface area contributed by atoms with Crippen LogP contribution < -0.4 is 5.73 Å². The second kappa shape index (κ2) is 5.31. The topological polar surface area (TPSA) is 35.2 Å². The van der Waals surface area contributed by atoms with Crippen molar-refractivity contribution in [2.45, 2.75) is 65.1 Å². The Kier molecular flexibility index (Phi) is 4.60. The van der Waals surface area contributed by atoms with E-state index in [1.54, 1.807) is 0 Å². The van der Waals surface area contributed by atoms with Crippen molar-refractivity contribution in [3.8, 4) is 0 Å². The van der Waals surface area contributed by atoms with Crippen LogP contribution in [0, 0.1) is 11.8 Å². The first-order valence-electron chi connectivity index (χ1n) is 6.37. The van der Waals surface area contributed by atoms with Crippen LogP contribution in [0.5, 0.6) is 0 Å². The Balaban J connectivity index is 2.49. The molecule has 1 aliphatic carbocycles. The molecule has 0 bridgehead atoms. The molecule has 2 nitrogen and oxygen atoms in total. The molecule has 1 fully saturated rings. The molecule has 1 saturated carbocycles. The molecule has 0 aromatic carbocycles. The van der Waals surface area contributed by atoms with Crippen molar-refractivity contribution < 1.29 is 4.74 Å². The van der Waals surface area contributed by atoms with Gasteiger partial charge in [0, 0.05) is 6.54 Å². The Hall–Kier alpha value is -0.0800. The van der Waals surface area contributed by atoms with Gasteiger partial charge in [0.1, 0.15) is 0 Å². The van der Waals surface area contributed by atoms with E-state index in [4.69, 9.17) is 10.5 Å². The van der Waals surface area contributed by atoms with E-state index in [-0.39, 0.29) is 5.60 Å². The summed E-state index contributed by atoms with van der Waals surface area (Å²) in [4.78, 5) is 0. The number of ether oxygens (including phenoxy) is 1. The first-order valence-corrected chi connectivity index (χ1v) is 6.37. The highest BCUT2D eigenvalue weighted by Crippen LogP contribution is 2.33. The first kappa shape index (κ1) is 13.0. The molecule has 0 aromatic heterocycles. The standard InChI is InChI=1S/C13H27NO/c1-5-13(4,9-14)15-12-7-10(2)6-11(3)8-12/h10-12H,5-9,14H2,1-4H3. The Bertz CT molecular complexity index is 179. The lowest BCUT2D eigenvalue weighted by molar-refractivity contribution is -0.104. The summed E-state index contributed by atoms with van der Waals surface area (Å²) in [5, 5.41) is 0. The van der Waals surface area contributed by atoms with Crippen molar-refractivity contribution in [3.63, 3.8) is 0 Å². The van der Waals surface area contributed by atoms with E-state index in [1.165, 1.54) is 19.3 Å². The zero-order valence-corrected chi connectivity index (χ0v) is 10.8. The third-order valence-corrected chi connectivity index (χ3v) is 3.77. The van der Waals surface area contributed by atoms with Gasteiger partial charge in [-0.25, -0.2) is 0 Å². The van der Waals surface area contributed by atoms with Crippen molar-refractivity contribution in [1.29, 1.82) is 0 Å². The molecule has 2 heteroatoms. The largest absolute Gasteiger partial charge is 0.371 e. The zero-order chi connectivity index (χ0) is 11.5. The molecule has 3 atom stereocenters. The van der Waals surface area contributed by atoms with E-state index in [2.05, 4.69) is 27.7 Å². The molecule has 2 N–H and O–H groups in total. The van der Waals surface area contributed by atoms with Crippen molar-refractivity contribution in [2.24, 2.45) is 17.6 Å². The monoisotopic (exact) mass is 213 g/mol. The maximum atomic E-state index is 6.19. The molecule has 0 radical (unpaired) electrons. The lowest BCUT2D eigenvalue weighted by atomic mass is 9.81. The Morgan fingerprint density at radius 1 is 1.20 bits per heavy atom. The molecule has 0 heterocycles. The minimum Gasteiger partial charge on any atom is -0.371 e. The lowest BCUT2D eigenvalue weighted by Gasteiger charge is -2.38. The van der Waals surface area contributed by atoms with Gasteiger partial charge in [0.25, 0.3) is 0 Å². The van der Waals surface area contributed by atoms with Crippen LogP contribution >= 0.6 is 0 Å². The van der Waals surface area contributed by atoms with E-state index < -0.39 is 0 Å². The molecule has 15 heavy (non-hydrogen) atoms. The van der Waals surface area contributed by atoms with Gasteiger partial charge in [0.05, 0.1) is 11.7 Å². The van der Waals surface area contributed by atoms with Crippen LogP contribution in [0.1, 0.15) is 53.4 Å². The average molecular weight is 213 g/mol. The van der Waals surface area contributed by atoms with Crippen molar-refractivity contribution in [2.75, 3.05) is 6.54 Å². The third kappa shape index (κ3) is 3.76. The summed E-state index contributed by atoms with van der Waals surface area (Å²) in [5.74, 6) is 1.61. The fourth-order valence-electron chi connectivity index (χ4n) is 2.65. The van der Waals surface area contributed by atoms with E-state index in [1.807, 2.05) is 0 Å². The Morgan fingerprint density at radius 2 is 1.73 bits per heavy atom. The summed E-state index contributed by atoms with van der Waals surface area (Å²) in [6.07, 6.45) is 5.20. The fourth-order valence-corrected chi connectivity index (χ4v) is 2.65. The summed E-state index contributed by atoms with van der Waals surface area (Å²) in [7, 11) is 0. The van der Waals surface area contributed by atoms with Gasteiger partial charge >= 0.3 is 0 Å². The average Bonchev–Trinajstić information content (AvgIpc) is 2.16. The van der Waals surface area contributed by atoms with E-state index >= 15 is 0 Å². The molecule has 90 valence electrons. The molecular formula is C13H27NO. The van der Waals surface area contributed by atoms with Crippen molar-refractivity contribution in [3.05, 3.63) is 0 Å². The molecule has 3 unspecified atom stereocenters. The highest BCUT2D eigenvalue weighted by molar-refractivity contribution is 4.81. The maximum Gasteiger partial charge on any atom is 0.0777 e. The molecule has 0 amide bonds. The van der Waals surface area contributed by atoms with E-state index in [0.29, 0.717) is 12.6 Å². The number of hydrogen-bond donors (Lipinski definition) is 1. The summed E-state index contributed by atoms with van der Waals surface area (Å²) in [6, 6.07) is 0. The van der Waals surface area contributed by atoms with Gasteiger partial charge in [0.2, 0.25) is 0 Å². The van der Waals surface area contributed by atoms with Crippen LogP contribution in [0.3, 0.4) is 0 Å². The summed E-state index contributed by atoms with van der Waals surface area (Å²) >= 11 is 0.